The van der Waals surface area contributed by atoms with Gasteiger partial charge in [-0.1, -0.05) is 51.1 Å². The molecule has 0 N–H and O–H groups in total. The predicted molar refractivity (Wildman–Crippen MR) is 80.5 cm³/mol. The molecular weight excluding hydrogens is 266 g/mol. The lowest BCUT2D eigenvalue weighted by Crippen LogP contribution is -2.47. The standard InChI is InChI=1S/C17H21NO3/c1-17(2,3)15-11-14(19)9-10-18(15)16(20)21-12-13-7-5-4-6-8-13/h4-10,15H,11-12H2,1-3H3/t15-/m0/s1. The Balaban J connectivity index is 2.06. The van der Waals surface area contributed by atoms with Crippen molar-refractivity contribution >= 4 is 11.9 Å². The molecule has 0 aliphatic carbocycles. The van der Waals surface area contributed by atoms with E-state index in [1.807, 2.05) is 51.1 Å². The SMILES string of the molecule is CC(C)(C)[C@@H]1CC(=O)C=CN1C(=O)OCc1ccccc1. The van der Waals surface area contributed by atoms with Gasteiger partial charge in [0.2, 0.25) is 0 Å². The van der Waals surface area contributed by atoms with E-state index in [-0.39, 0.29) is 23.8 Å². The summed E-state index contributed by atoms with van der Waals surface area (Å²) in [5, 5.41) is 0. The van der Waals surface area contributed by atoms with Crippen LogP contribution in [0.4, 0.5) is 4.79 Å². The summed E-state index contributed by atoms with van der Waals surface area (Å²) < 4.78 is 5.35. The molecule has 1 aliphatic rings. The van der Waals surface area contributed by atoms with Crippen LogP contribution in [0.5, 0.6) is 0 Å². The van der Waals surface area contributed by atoms with Crippen LogP contribution in [0.3, 0.4) is 0 Å². The van der Waals surface area contributed by atoms with Crippen molar-refractivity contribution in [2.75, 3.05) is 0 Å². The van der Waals surface area contributed by atoms with Crippen molar-refractivity contribution in [3.8, 4) is 0 Å². The Bertz CT molecular complexity index is 543. The lowest BCUT2D eigenvalue weighted by Gasteiger charge is -2.39. The minimum atomic E-state index is -0.414. The molecule has 0 fully saturated rings. The van der Waals surface area contributed by atoms with Gasteiger partial charge in [-0.05, 0) is 17.1 Å². The smallest absolute Gasteiger partial charge is 0.414 e. The van der Waals surface area contributed by atoms with Crippen molar-refractivity contribution < 1.29 is 14.3 Å². The quantitative estimate of drug-likeness (QED) is 0.836. The van der Waals surface area contributed by atoms with Crippen LogP contribution in [0.1, 0.15) is 32.8 Å². The first-order chi connectivity index (χ1) is 9.88. The fourth-order valence-electron chi connectivity index (χ4n) is 2.33. The molecule has 2 rings (SSSR count). The van der Waals surface area contributed by atoms with Crippen LogP contribution in [-0.2, 0) is 16.1 Å². The van der Waals surface area contributed by atoms with Crippen LogP contribution >= 0.6 is 0 Å². The minimum Gasteiger partial charge on any atom is -0.444 e. The fourth-order valence-corrected chi connectivity index (χ4v) is 2.33. The second kappa shape index (κ2) is 6.12. The summed E-state index contributed by atoms with van der Waals surface area (Å²) in [6.45, 7) is 6.28. The van der Waals surface area contributed by atoms with Crippen molar-refractivity contribution in [1.29, 1.82) is 0 Å². The van der Waals surface area contributed by atoms with E-state index in [2.05, 4.69) is 0 Å². The summed E-state index contributed by atoms with van der Waals surface area (Å²) in [5.41, 5.74) is 0.752. The first kappa shape index (κ1) is 15.3. The van der Waals surface area contributed by atoms with Gasteiger partial charge in [0, 0.05) is 12.6 Å². The lowest BCUT2D eigenvalue weighted by molar-refractivity contribution is -0.117. The maximum absolute atomic E-state index is 12.3. The Hall–Kier alpha value is -2.10. The van der Waals surface area contributed by atoms with Crippen LogP contribution in [-0.4, -0.2) is 22.8 Å². The van der Waals surface area contributed by atoms with Gasteiger partial charge in [-0.3, -0.25) is 9.69 Å². The Morgan fingerprint density at radius 2 is 1.95 bits per heavy atom. The third-order valence-electron chi connectivity index (χ3n) is 3.57. The van der Waals surface area contributed by atoms with E-state index < -0.39 is 6.09 Å². The summed E-state index contributed by atoms with van der Waals surface area (Å²) in [5.74, 6) is 0.0436. The number of nitrogens with zero attached hydrogens (tertiary/aromatic N) is 1. The highest BCUT2D eigenvalue weighted by Crippen LogP contribution is 2.30. The maximum atomic E-state index is 12.3. The summed E-state index contributed by atoms with van der Waals surface area (Å²) in [4.78, 5) is 25.4. The monoisotopic (exact) mass is 287 g/mol. The third-order valence-corrected chi connectivity index (χ3v) is 3.57. The molecule has 112 valence electrons. The molecule has 4 heteroatoms. The van der Waals surface area contributed by atoms with Crippen LogP contribution in [0.25, 0.3) is 0 Å². The van der Waals surface area contributed by atoms with Gasteiger partial charge in [-0.2, -0.15) is 0 Å². The maximum Gasteiger partial charge on any atom is 0.414 e. The van der Waals surface area contributed by atoms with Gasteiger partial charge in [0.25, 0.3) is 0 Å². The zero-order valence-electron chi connectivity index (χ0n) is 12.7. The van der Waals surface area contributed by atoms with E-state index in [0.29, 0.717) is 6.42 Å². The minimum absolute atomic E-state index is 0.0436. The van der Waals surface area contributed by atoms with E-state index in [1.165, 1.54) is 17.2 Å². The Kier molecular flexibility index (Phi) is 4.46. The van der Waals surface area contributed by atoms with Gasteiger partial charge in [0.05, 0.1) is 6.04 Å². The van der Waals surface area contributed by atoms with Crippen molar-refractivity contribution in [1.82, 2.24) is 4.90 Å². The molecule has 4 nitrogen and oxygen atoms in total. The molecule has 0 saturated carbocycles. The fraction of sp³-hybridized carbons (Fsp3) is 0.412. The average molecular weight is 287 g/mol. The lowest BCUT2D eigenvalue weighted by atomic mass is 9.82. The molecule has 0 saturated heterocycles. The Morgan fingerprint density at radius 1 is 1.29 bits per heavy atom. The van der Waals surface area contributed by atoms with Crippen molar-refractivity contribution in [2.45, 2.75) is 39.8 Å². The van der Waals surface area contributed by atoms with Gasteiger partial charge in [-0.15, -0.1) is 0 Å². The second-order valence-electron chi connectivity index (χ2n) is 6.32. The van der Waals surface area contributed by atoms with E-state index >= 15 is 0 Å². The zero-order chi connectivity index (χ0) is 15.5. The molecule has 0 unspecified atom stereocenters. The number of hydrogen-bond acceptors (Lipinski definition) is 3. The molecule has 1 atom stereocenters. The van der Waals surface area contributed by atoms with Gasteiger partial charge < -0.3 is 4.74 Å². The van der Waals surface area contributed by atoms with E-state index in [0.717, 1.165) is 5.56 Å². The highest BCUT2D eigenvalue weighted by molar-refractivity contribution is 5.92. The van der Waals surface area contributed by atoms with Gasteiger partial charge >= 0.3 is 6.09 Å². The molecule has 1 aromatic carbocycles. The normalized spacial score (nSPS) is 18.7. The van der Waals surface area contributed by atoms with E-state index in [9.17, 15) is 9.59 Å². The van der Waals surface area contributed by atoms with Crippen LogP contribution in [0, 0.1) is 5.41 Å². The number of rotatable bonds is 2. The molecular formula is C17H21NO3. The molecule has 0 spiro atoms. The molecule has 1 amide bonds. The Morgan fingerprint density at radius 3 is 2.57 bits per heavy atom. The molecule has 0 aromatic heterocycles. The topological polar surface area (TPSA) is 46.6 Å². The second-order valence-corrected chi connectivity index (χ2v) is 6.32. The number of amides is 1. The van der Waals surface area contributed by atoms with Crippen molar-refractivity contribution in [3.05, 3.63) is 48.2 Å². The molecule has 0 bridgehead atoms. The molecule has 21 heavy (non-hydrogen) atoms. The molecule has 0 radical (unpaired) electrons. The van der Waals surface area contributed by atoms with Crippen molar-refractivity contribution in [2.24, 2.45) is 5.41 Å². The summed E-state index contributed by atoms with van der Waals surface area (Å²) >= 11 is 0. The third kappa shape index (κ3) is 3.94. The van der Waals surface area contributed by atoms with E-state index in [4.69, 9.17) is 4.74 Å². The highest BCUT2D eigenvalue weighted by atomic mass is 16.6. The van der Waals surface area contributed by atoms with Crippen LogP contribution in [0.2, 0.25) is 0 Å². The van der Waals surface area contributed by atoms with Crippen LogP contribution < -0.4 is 0 Å². The van der Waals surface area contributed by atoms with Gasteiger partial charge in [0.1, 0.15) is 6.61 Å². The number of carbonyl (C=O) groups is 2. The molecule has 1 heterocycles. The summed E-state index contributed by atoms with van der Waals surface area (Å²) in [6.07, 6.45) is 2.89. The number of allylic oxidation sites excluding steroid dienone is 1. The van der Waals surface area contributed by atoms with E-state index in [1.54, 1.807) is 0 Å². The first-order valence-corrected chi connectivity index (χ1v) is 7.08. The van der Waals surface area contributed by atoms with Crippen molar-refractivity contribution in [3.63, 3.8) is 0 Å². The molecule has 1 aliphatic heterocycles. The van der Waals surface area contributed by atoms with Gasteiger partial charge in [-0.25, -0.2) is 4.79 Å². The number of ether oxygens (including phenoxy) is 1. The zero-order valence-corrected chi connectivity index (χ0v) is 12.7. The number of hydrogen-bond donors (Lipinski definition) is 0. The molecule has 1 aromatic rings. The average Bonchev–Trinajstić information content (AvgIpc) is 2.45. The highest BCUT2D eigenvalue weighted by Gasteiger charge is 2.36. The van der Waals surface area contributed by atoms with Crippen LogP contribution in [0.15, 0.2) is 42.6 Å². The summed E-state index contributed by atoms with van der Waals surface area (Å²) in [7, 11) is 0. The Labute approximate surface area is 125 Å². The predicted octanol–water partition coefficient (Wildman–Crippen LogP) is 3.53. The summed E-state index contributed by atoms with van der Waals surface area (Å²) in [6, 6.07) is 9.35. The number of ketones is 1. The van der Waals surface area contributed by atoms with Gasteiger partial charge in [0.15, 0.2) is 5.78 Å². The number of carbonyl (C=O) groups excluding carboxylic acids is 2. The number of benzene rings is 1. The largest absolute Gasteiger partial charge is 0.444 e. The first-order valence-electron chi connectivity index (χ1n) is 7.08.